The van der Waals surface area contributed by atoms with Crippen LogP contribution in [0.5, 0.6) is 5.75 Å². The van der Waals surface area contributed by atoms with Crippen LogP contribution in [-0.4, -0.2) is 48.8 Å². The molecule has 34 heavy (non-hydrogen) atoms. The molecule has 0 radical (unpaired) electrons. The van der Waals surface area contributed by atoms with Crippen LogP contribution in [0.3, 0.4) is 0 Å². The molecular formula is C24H26FN7O2. The van der Waals surface area contributed by atoms with Gasteiger partial charge in [-0.15, -0.1) is 0 Å². The number of aromatic hydroxyl groups is 1. The van der Waals surface area contributed by atoms with Gasteiger partial charge in [-0.2, -0.15) is 5.10 Å². The molecule has 3 aromatic rings. The van der Waals surface area contributed by atoms with Crippen molar-refractivity contribution >= 4 is 22.8 Å². The number of anilines is 1. The number of phenols is 1. The average Bonchev–Trinajstić information content (AvgIpc) is 3.19. The van der Waals surface area contributed by atoms with E-state index in [1.165, 1.54) is 18.5 Å². The van der Waals surface area contributed by atoms with Crippen molar-refractivity contribution in [2.24, 2.45) is 5.41 Å². The molecule has 9 nitrogen and oxygen atoms in total. The first-order chi connectivity index (χ1) is 16.1. The second kappa shape index (κ2) is 8.74. The summed E-state index contributed by atoms with van der Waals surface area (Å²) < 4.78 is 15.3. The van der Waals surface area contributed by atoms with Crippen molar-refractivity contribution in [3.8, 4) is 17.0 Å². The lowest BCUT2D eigenvalue weighted by atomic mass is 9.95. The first kappa shape index (κ1) is 23.2. The van der Waals surface area contributed by atoms with Crippen LogP contribution in [-0.2, 0) is 4.79 Å². The molecule has 0 unspecified atom stereocenters. The first-order valence-electron chi connectivity index (χ1n) is 11.0. The van der Waals surface area contributed by atoms with E-state index < -0.39 is 11.6 Å². The molecule has 0 aliphatic carbocycles. The quantitative estimate of drug-likeness (QED) is 0.449. The number of benzene rings is 1. The van der Waals surface area contributed by atoms with E-state index in [1.807, 2.05) is 20.8 Å². The number of amides is 1. The number of fused-ring (bicyclic) bond motifs is 1. The zero-order valence-corrected chi connectivity index (χ0v) is 19.3. The standard InChI is InChI=1S/C24H26FN7O2/c1-24(2,3)11-17(27-4)23(34)31-9-5-6-15(12-31)32-22-19(21(26)28-13-29-22)20(30-32)14-7-8-16(25)18(33)10-14/h7-8,10-11,13,15,33H,5-6,9,12H2,1-3H3,(H2,26,28,29)/b17-11-/t15-/m1/s1. The predicted octanol–water partition coefficient (Wildman–Crippen LogP) is 3.93. The highest BCUT2D eigenvalue weighted by atomic mass is 19.1. The molecule has 10 heteroatoms. The topological polar surface area (TPSA) is 115 Å². The summed E-state index contributed by atoms with van der Waals surface area (Å²) in [6.07, 6.45) is 4.51. The second-order valence-electron chi connectivity index (χ2n) is 9.47. The molecule has 0 bridgehead atoms. The maximum Gasteiger partial charge on any atom is 0.252 e. The smallest absolute Gasteiger partial charge is 0.252 e. The molecule has 176 valence electrons. The molecule has 3 N–H and O–H groups in total. The van der Waals surface area contributed by atoms with Crippen LogP contribution in [0.4, 0.5) is 10.2 Å². The van der Waals surface area contributed by atoms with Gasteiger partial charge in [-0.05, 0) is 36.5 Å². The minimum atomic E-state index is -0.739. The Balaban J connectivity index is 1.74. The van der Waals surface area contributed by atoms with E-state index >= 15 is 0 Å². The van der Waals surface area contributed by atoms with Crippen molar-refractivity contribution < 1.29 is 14.3 Å². The van der Waals surface area contributed by atoms with Crippen molar-refractivity contribution in [3.05, 3.63) is 53.5 Å². The largest absolute Gasteiger partial charge is 0.505 e. The van der Waals surface area contributed by atoms with E-state index in [2.05, 4.69) is 14.8 Å². The number of phenolic OH excluding ortho intramolecular Hbond substituents is 1. The lowest BCUT2D eigenvalue weighted by Crippen LogP contribution is -2.41. The number of allylic oxidation sites excluding steroid dienone is 1. The fourth-order valence-corrected chi connectivity index (χ4v) is 4.16. The normalized spacial score (nSPS) is 17.1. The Morgan fingerprint density at radius 2 is 2.12 bits per heavy atom. The molecule has 1 saturated heterocycles. The van der Waals surface area contributed by atoms with Gasteiger partial charge in [-0.3, -0.25) is 4.79 Å². The van der Waals surface area contributed by atoms with Crippen LogP contribution in [0, 0.1) is 17.8 Å². The van der Waals surface area contributed by atoms with E-state index in [1.54, 1.807) is 15.7 Å². The summed E-state index contributed by atoms with van der Waals surface area (Å²) in [6, 6.07) is 3.73. The number of carbonyl (C=O) groups is 1. The molecule has 0 spiro atoms. The molecule has 1 atom stereocenters. The lowest BCUT2D eigenvalue weighted by molar-refractivity contribution is -0.128. The lowest BCUT2D eigenvalue weighted by Gasteiger charge is -2.33. The summed E-state index contributed by atoms with van der Waals surface area (Å²) in [5, 5.41) is 15.1. The van der Waals surface area contributed by atoms with Gasteiger partial charge >= 0.3 is 0 Å². The fraction of sp³-hybridized carbons (Fsp3) is 0.375. The number of nitrogens with two attached hydrogens (primary N) is 1. The number of rotatable bonds is 3. The van der Waals surface area contributed by atoms with Crippen molar-refractivity contribution in [1.29, 1.82) is 0 Å². The average molecular weight is 464 g/mol. The Hall–Kier alpha value is -4.00. The third-order valence-electron chi connectivity index (χ3n) is 5.68. The van der Waals surface area contributed by atoms with Gasteiger partial charge in [0.25, 0.3) is 5.91 Å². The maximum atomic E-state index is 13.6. The Morgan fingerprint density at radius 3 is 2.79 bits per heavy atom. The molecule has 1 aliphatic rings. The SMILES string of the molecule is [C-]#[N+]/C(=C\C(C)(C)C)C(=O)N1CCC[C@@H](n2nc(-c3ccc(F)c(O)c3)c3c(N)ncnc32)C1. The molecule has 1 amide bonds. The maximum absolute atomic E-state index is 13.6. The van der Waals surface area contributed by atoms with Crippen LogP contribution < -0.4 is 5.73 Å². The summed E-state index contributed by atoms with van der Waals surface area (Å²) in [4.78, 5) is 26.7. The Morgan fingerprint density at radius 1 is 1.35 bits per heavy atom. The molecule has 1 aromatic carbocycles. The Bertz CT molecular complexity index is 1330. The number of halogens is 1. The minimum Gasteiger partial charge on any atom is -0.505 e. The van der Waals surface area contributed by atoms with Crippen molar-refractivity contribution in [2.45, 2.75) is 39.7 Å². The van der Waals surface area contributed by atoms with E-state index in [0.717, 1.165) is 18.9 Å². The van der Waals surface area contributed by atoms with E-state index in [9.17, 15) is 14.3 Å². The van der Waals surface area contributed by atoms with Gasteiger partial charge in [-0.25, -0.2) is 23.9 Å². The highest BCUT2D eigenvalue weighted by Gasteiger charge is 2.30. The zero-order valence-electron chi connectivity index (χ0n) is 19.3. The van der Waals surface area contributed by atoms with Crippen molar-refractivity contribution in [1.82, 2.24) is 24.6 Å². The highest BCUT2D eigenvalue weighted by molar-refractivity contribution is 5.98. The molecule has 1 aliphatic heterocycles. The predicted molar refractivity (Wildman–Crippen MR) is 126 cm³/mol. The number of aromatic nitrogens is 4. The number of nitrogen functional groups attached to an aromatic ring is 1. The summed E-state index contributed by atoms with van der Waals surface area (Å²) in [5.41, 5.74) is 7.33. The van der Waals surface area contributed by atoms with Gasteiger partial charge in [-0.1, -0.05) is 26.8 Å². The van der Waals surface area contributed by atoms with Crippen LogP contribution in [0.1, 0.15) is 39.7 Å². The van der Waals surface area contributed by atoms with Gasteiger partial charge in [0.05, 0.1) is 18.0 Å². The number of nitrogens with zero attached hydrogens (tertiary/aromatic N) is 6. The highest BCUT2D eigenvalue weighted by Crippen LogP contribution is 2.35. The number of piperidine rings is 1. The third-order valence-corrected chi connectivity index (χ3v) is 5.68. The molecule has 0 saturated carbocycles. The van der Waals surface area contributed by atoms with Gasteiger partial charge in [0.2, 0.25) is 5.70 Å². The number of hydrogen-bond donors (Lipinski definition) is 2. The number of hydrogen-bond acceptors (Lipinski definition) is 6. The minimum absolute atomic E-state index is 0.104. The monoisotopic (exact) mass is 463 g/mol. The molecule has 3 heterocycles. The molecule has 4 rings (SSSR count). The second-order valence-corrected chi connectivity index (χ2v) is 9.47. The van der Waals surface area contributed by atoms with E-state index in [-0.39, 0.29) is 28.9 Å². The number of carbonyl (C=O) groups excluding carboxylic acids is 1. The zero-order chi connectivity index (χ0) is 24.6. The van der Waals surface area contributed by atoms with Gasteiger partial charge in [0.1, 0.15) is 17.8 Å². The van der Waals surface area contributed by atoms with Crippen molar-refractivity contribution in [3.63, 3.8) is 0 Å². The van der Waals surface area contributed by atoms with Crippen LogP contribution in [0.15, 0.2) is 36.3 Å². The van der Waals surface area contributed by atoms with Gasteiger partial charge < -0.3 is 15.7 Å². The van der Waals surface area contributed by atoms with Crippen molar-refractivity contribution in [2.75, 3.05) is 18.8 Å². The molecular weight excluding hydrogens is 437 g/mol. The fourth-order valence-electron chi connectivity index (χ4n) is 4.16. The van der Waals surface area contributed by atoms with Crippen LogP contribution in [0.25, 0.3) is 27.1 Å². The van der Waals surface area contributed by atoms with Crippen LogP contribution >= 0.6 is 0 Å². The molecule has 1 fully saturated rings. The Labute approximate surface area is 196 Å². The van der Waals surface area contributed by atoms with Gasteiger partial charge in [0.15, 0.2) is 17.2 Å². The summed E-state index contributed by atoms with van der Waals surface area (Å²) in [7, 11) is 0. The summed E-state index contributed by atoms with van der Waals surface area (Å²) in [5.74, 6) is -1.33. The number of likely N-dealkylation sites (tertiary alicyclic amines) is 1. The van der Waals surface area contributed by atoms with Gasteiger partial charge in [0, 0.05) is 18.7 Å². The van der Waals surface area contributed by atoms with E-state index in [0.29, 0.717) is 35.4 Å². The Kier molecular flexibility index (Phi) is 5.96. The summed E-state index contributed by atoms with van der Waals surface area (Å²) in [6.45, 7) is 14.2. The first-order valence-corrected chi connectivity index (χ1v) is 11.0. The molecule has 2 aromatic heterocycles. The van der Waals surface area contributed by atoms with Crippen LogP contribution in [0.2, 0.25) is 0 Å². The third kappa shape index (κ3) is 4.41. The van der Waals surface area contributed by atoms with E-state index in [4.69, 9.17) is 17.4 Å². The summed E-state index contributed by atoms with van der Waals surface area (Å²) >= 11 is 0.